The molecular formula is C19H17F4N5OS. The van der Waals surface area contributed by atoms with E-state index < -0.39 is 45.7 Å². The number of fused-ring (bicyclic) bond motifs is 1. The molecule has 0 atom stereocenters. The van der Waals surface area contributed by atoms with E-state index in [2.05, 4.69) is 20.3 Å². The van der Waals surface area contributed by atoms with Crippen molar-refractivity contribution in [2.45, 2.75) is 23.8 Å². The highest BCUT2D eigenvalue weighted by molar-refractivity contribution is 7.98. The van der Waals surface area contributed by atoms with Crippen LogP contribution in [0.4, 0.5) is 23.4 Å². The standard InChI is InChI=1S/C19H17F4N5OS/c1-30-16-14(22)12(20)11(13(21)15(16)23)19(29)27-9-3-6-28(7-4-9)18-10-2-5-24-17(10)25-8-26-18/h2,5,8-9H,3-4,6-7H2,1H3,(H,27,29)(H,24,25,26). The summed E-state index contributed by atoms with van der Waals surface area (Å²) in [6.45, 7) is 1.06. The fraction of sp³-hybridized carbons (Fsp3) is 0.316. The lowest BCUT2D eigenvalue weighted by molar-refractivity contribution is 0.0919. The Labute approximate surface area is 173 Å². The van der Waals surface area contributed by atoms with Gasteiger partial charge in [0.05, 0.1) is 10.3 Å². The molecule has 0 saturated carbocycles. The molecule has 1 amide bonds. The molecule has 1 aliphatic rings. The van der Waals surface area contributed by atoms with Crippen LogP contribution in [-0.2, 0) is 0 Å². The minimum atomic E-state index is -1.69. The summed E-state index contributed by atoms with van der Waals surface area (Å²) in [7, 11) is 0. The molecule has 6 nitrogen and oxygen atoms in total. The van der Waals surface area contributed by atoms with Gasteiger partial charge in [0.1, 0.15) is 23.4 Å². The molecule has 1 aliphatic heterocycles. The molecule has 4 rings (SSSR count). The zero-order chi connectivity index (χ0) is 21.4. The van der Waals surface area contributed by atoms with Crippen molar-refractivity contribution < 1.29 is 22.4 Å². The van der Waals surface area contributed by atoms with Crippen LogP contribution in [0.25, 0.3) is 11.0 Å². The summed E-state index contributed by atoms with van der Waals surface area (Å²) in [5.41, 5.74) is -0.533. The molecule has 30 heavy (non-hydrogen) atoms. The number of nitrogens with one attached hydrogen (secondary N) is 2. The Morgan fingerprint density at radius 2 is 1.80 bits per heavy atom. The number of carbonyl (C=O) groups is 1. The van der Waals surface area contributed by atoms with Crippen molar-refractivity contribution >= 4 is 34.5 Å². The summed E-state index contributed by atoms with van der Waals surface area (Å²) in [6.07, 6.45) is 5.44. The van der Waals surface area contributed by atoms with E-state index in [1.165, 1.54) is 12.6 Å². The molecule has 0 unspecified atom stereocenters. The highest BCUT2D eigenvalue weighted by Crippen LogP contribution is 2.30. The molecule has 158 valence electrons. The lowest BCUT2D eigenvalue weighted by Crippen LogP contribution is -2.45. The van der Waals surface area contributed by atoms with Gasteiger partial charge in [-0.15, -0.1) is 11.8 Å². The number of hydrogen-bond acceptors (Lipinski definition) is 5. The normalized spacial score (nSPS) is 15.0. The van der Waals surface area contributed by atoms with Crippen molar-refractivity contribution in [2.75, 3.05) is 24.2 Å². The summed E-state index contributed by atoms with van der Waals surface area (Å²) in [6, 6.07) is 1.47. The number of aromatic amines is 1. The lowest BCUT2D eigenvalue weighted by Gasteiger charge is -2.33. The van der Waals surface area contributed by atoms with Crippen LogP contribution in [0.1, 0.15) is 23.2 Å². The highest BCUT2D eigenvalue weighted by atomic mass is 32.2. The van der Waals surface area contributed by atoms with Gasteiger partial charge in [0.2, 0.25) is 0 Å². The predicted octanol–water partition coefficient (Wildman–Crippen LogP) is 3.64. The first kappa shape index (κ1) is 20.5. The second-order valence-electron chi connectivity index (χ2n) is 6.84. The second-order valence-corrected chi connectivity index (χ2v) is 7.65. The van der Waals surface area contributed by atoms with E-state index in [4.69, 9.17) is 0 Å². The molecule has 0 aliphatic carbocycles. The molecule has 3 heterocycles. The van der Waals surface area contributed by atoms with Crippen LogP contribution in [0.2, 0.25) is 0 Å². The Morgan fingerprint density at radius 1 is 1.13 bits per heavy atom. The van der Waals surface area contributed by atoms with Crippen LogP contribution in [0.15, 0.2) is 23.5 Å². The summed E-state index contributed by atoms with van der Waals surface area (Å²) < 4.78 is 56.4. The quantitative estimate of drug-likeness (QED) is 0.369. The van der Waals surface area contributed by atoms with Crippen molar-refractivity contribution in [2.24, 2.45) is 0 Å². The second kappa shape index (κ2) is 8.13. The van der Waals surface area contributed by atoms with E-state index in [1.807, 2.05) is 11.0 Å². The fourth-order valence-corrected chi connectivity index (χ4v) is 4.13. The minimum Gasteiger partial charge on any atom is -0.356 e. The van der Waals surface area contributed by atoms with Crippen molar-refractivity contribution in [3.8, 4) is 0 Å². The molecule has 1 saturated heterocycles. The Balaban J connectivity index is 1.47. The van der Waals surface area contributed by atoms with Crippen LogP contribution >= 0.6 is 11.8 Å². The van der Waals surface area contributed by atoms with E-state index in [-0.39, 0.29) is 0 Å². The minimum absolute atomic E-state index is 0.401. The lowest BCUT2D eigenvalue weighted by atomic mass is 10.0. The smallest absolute Gasteiger partial charge is 0.257 e. The molecule has 2 N–H and O–H groups in total. The third-order valence-corrected chi connectivity index (χ3v) is 5.88. The van der Waals surface area contributed by atoms with Gasteiger partial charge in [0, 0.05) is 25.3 Å². The summed E-state index contributed by atoms with van der Waals surface area (Å²) >= 11 is 0.526. The van der Waals surface area contributed by atoms with Gasteiger partial charge in [0.25, 0.3) is 5.91 Å². The molecule has 0 spiro atoms. The van der Waals surface area contributed by atoms with Gasteiger partial charge in [-0.05, 0) is 25.2 Å². The molecule has 1 fully saturated rings. The number of nitrogens with zero attached hydrogens (tertiary/aromatic N) is 3. The number of benzene rings is 1. The van der Waals surface area contributed by atoms with E-state index in [0.717, 1.165) is 11.2 Å². The fourth-order valence-electron chi connectivity index (χ4n) is 3.59. The Kier molecular flexibility index (Phi) is 5.54. The maximum atomic E-state index is 14.2. The third-order valence-electron chi connectivity index (χ3n) is 5.12. The number of rotatable bonds is 4. The molecular weight excluding hydrogens is 422 g/mol. The number of hydrogen-bond donors (Lipinski definition) is 2. The number of halogens is 4. The molecule has 11 heteroatoms. The molecule has 2 aromatic heterocycles. The first-order valence-electron chi connectivity index (χ1n) is 9.16. The van der Waals surface area contributed by atoms with Gasteiger partial charge in [-0.2, -0.15) is 0 Å². The zero-order valence-corrected chi connectivity index (χ0v) is 16.6. The van der Waals surface area contributed by atoms with Crippen molar-refractivity contribution in [1.82, 2.24) is 20.3 Å². The van der Waals surface area contributed by atoms with Gasteiger partial charge in [0.15, 0.2) is 23.3 Å². The highest BCUT2D eigenvalue weighted by Gasteiger charge is 2.31. The van der Waals surface area contributed by atoms with Gasteiger partial charge < -0.3 is 15.2 Å². The number of aromatic nitrogens is 3. The first-order valence-corrected chi connectivity index (χ1v) is 10.4. The SMILES string of the molecule is CSc1c(F)c(F)c(C(=O)NC2CCN(c3ncnc4[nH]ccc34)CC2)c(F)c1F. The Bertz CT molecular complexity index is 1080. The maximum Gasteiger partial charge on any atom is 0.257 e. The monoisotopic (exact) mass is 439 g/mol. The van der Waals surface area contributed by atoms with Gasteiger partial charge >= 0.3 is 0 Å². The number of amides is 1. The average Bonchev–Trinajstić information content (AvgIpc) is 3.22. The molecule has 0 bridgehead atoms. The largest absolute Gasteiger partial charge is 0.356 e. The summed E-state index contributed by atoms with van der Waals surface area (Å²) in [4.78, 5) is 25.1. The number of H-pyrrole nitrogens is 1. The van der Waals surface area contributed by atoms with E-state index in [0.29, 0.717) is 43.3 Å². The zero-order valence-electron chi connectivity index (χ0n) is 15.8. The van der Waals surface area contributed by atoms with Gasteiger partial charge in [-0.1, -0.05) is 0 Å². The summed E-state index contributed by atoms with van der Waals surface area (Å²) in [5, 5.41) is 3.35. The van der Waals surface area contributed by atoms with Crippen LogP contribution in [0, 0.1) is 23.3 Å². The Morgan fingerprint density at radius 3 is 2.43 bits per heavy atom. The van der Waals surface area contributed by atoms with Crippen LogP contribution in [0.5, 0.6) is 0 Å². The van der Waals surface area contributed by atoms with Crippen molar-refractivity contribution in [1.29, 1.82) is 0 Å². The van der Waals surface area contributed by atoms with Crippen molar-refractivity contribution in [3.05, 3.63) is 47.4 Å². The van der Waals surface area contributed by atoms with E-state index >= 15 is 0 Å². The van der Waals surface area contributed by atoms with Crippen LogP contribution in [-0.4, -0.2) is 46.2 Å². The maximum absolute atomic E-state index is 14.2. The Hall–Kier alpha value is -2.82. The van der Waals surface area contributed by atoms with Gasteiger partial charge in [-0.25, -0.2) is 27.5 Å². The summed E-state index contributed by atoms with van der Waals surface area (Å²) in [5.74, 6) is -6.95. The number of thioether (sulfide) groups is 1. The van der Waals surface area contributed by atoms with Crippen molar-refractivity contribution in [3.63, 3.8) is 0 Å². The van der Waals surface area contributed by atoms with Crippen LogP contribution in [0.3, 0.4) is 0 Å². The topological polar surface area (TPSA) is 73.9 Å². The van der Waals surface area contributed by atoms with E-state index in [1.54, 1.807) is 6.20 Å². The molecule has 1 aromatic carbocycles. The molecule has 3 aromatic rings. The van der Waals surface area contributed by atoms with Gasteiger partial charge in [-0.3, -0.25) is 4.79 Å². The first-order chi connectivity index (χ1) is 14.4. The number of carbonyl (C=O) groups excluding carboxylic acids is 1. The van der Waals surface area contributed by atoms with E-state index in [9.17, 15) is 22.4 Å². The predicted molar refractivity (Wildman–Crippen MR) is 105 cm³/mol. The number of anilines is 1. The number of piperidine rings is 1. The van der Waals surface area contributed by atoms with Crippen LogP contribution < -0.4 is 10.2 Å². The molecule has 0 radical (unpaired) electrons. The third kappa shape index (κ3) is 3.47. The average molecular weight is 439 g/mol.